The summed E-state index contributed by atoms with van der Waals surface area (Å²) >= 11 is 0. The first-order chi connectivity index (χ1) is 9.67. The molecular formula is C16H13F2NO. The van der Waals surface area contributed by atoms with Crippen LogP contribution >= 0.6 is 0 Å². The molecule has 0 N–H and O–H groups in total. The average molecular weight is 273 g/mol. The number of hydrogen-bond donors (Lipinski definition) is 0. The van der Waals surface area contributed by atoms with Crippen molar-refractivity contribution in [2.75, 3.05) is 7.11 Å². The van der Waals surface area contributed by atoms with Crippen LogP contribution < -0.4 is 4.74 Å². The van der Waals surface area contributed by atoms with Crippen LogP contribution in [0.25, 0.3) is 10.9 Å². The molecule has 0 unspecified atom stereocenters. The van der Waals surface area contributed by atoms with E-state index < -0.39 is 5.82 Å². The van der Waals surface area contributed by atoms with Crippen molar-refractivity contribution in [3.63, 3.8) is 0 Å². The smallest absolute Gasteiger partial charge is 0.165 e. The maximum Gasteiger partial charge on any atom is 0.165 e. The number of aromatic nitrogens is 1. The molecule has 0 aliphatic heterocycles. The zero-order valence-corrected chi connectivity index (χ0v) is 10.9. The topological polar surface area (TPSA) is 14.2 Å². The van der Waals surface area contributed by atoms with Crippen molar-refractivity contribution in [2.45, 2.75) is 6.54 Å². The molecule has 0 fully saturated rings. The quantitative estimate of drug-likeness (QED) is 0.704. The van der Waals surface area contributed by atoms with Crippen LogP contribution in [-0.4, -0.2) is 11.7 Å². The van der Waals surface area contributed by atoms with E-state index in [0.29, 0.717) is 6.54 Å². The van der Waals surface area contributed by atoms with Crippen molar-refractivity contribution in [2.24, 2.45) is 0 Å². The normalized spacial score (nSPS) is 10.9. The van der Waals surface area contributed by atoms with E-state index in [4.69, 9.17) is 4.74 Å². The van der Waals surface area contributed by atoms with Gasteiger partial charge in [0.25, 0.3) is 0 Å². The average Bonchev–Trinajstić information content (AvgIpc) is 2.82. The van der Waals surface area contributed by atoms with Crippen molar-refractivity contribution < 1.29 is 13.5 Å². The van der Waals surface area contributed by atoms with E-state index in [2.05, 4.69) is 0 Å². The van der Waals surface area contributed by atoms with E-state index in [9.17, 15) is 8.78 Å². The molecule has 0 radical (unpaired) electrons. The molecule has 2 nitrogen and oxygen atoms in total. The number of halogens is 2. The molecule has 3 rings (SSSR count). The first-order valence-electron chi connectivity index (χ1n) is 6.24. The maximum atomic E-state index is 13.7. The summed E-state index contributed by atoms with van der Waals surface area (Å²) in [7, 11) is 1.43. The van der Waals surface area contributed by atoms with Crippen LogP contribution in [0.4, 0.5) is 8.78 Å². The van der Waals surface area contributed by atoms with Gasteiger partial charge in [-0.25, -0.2) is 8.78 Å². The Morgan fingerprint density at radius 2 is 1.90 bits per heavy atom. The Bertz CT molecular complexity index is 764. The largest absolute Gasteiger partial charge is 0.494 e. The van der Waals surface area contributed by atoms with Gasteiger partial charge in [0.1, 0.15) is 5.82 Å². The zero-order valence-electron chi connectivity index (χ0n) is 10.9. The second-order valence-corrected chi connectivity index (χ2v) is 4.62. The van der Waals surface area contributed by atoms with Gasteiger partial charge in [-0.3, -0.25) is 0 Å². The molecule has 4 heteroatoms. The molecule has 2 aromatic carbocycles. The summed E-state index contributed by atoms with van der Waals surface area (Å²) in [5.41, 5.74) is 1.59. The molecule has 0 spiro atoms. The first-order valence-corrected chi connectivity index (χ1v) is 6.24. The fourth-order valence-corrected chi connectivity index (χ4v) is 2.30. The lowest BCUT2D eigenvalue weighted by Crippen LogP contribution is -1.99. The summed E-state index contributed by atoms with van der Waals surface area (Å²) in [5, 5.41) is 0.959. The van der Waals surface area contributed by atoms with E-state index in [1.807, 2.05) is 16.8 Å². The Morgan fingerprint density at radius 1 is 1.05 bits per heavy atom. The Balaban J connectivity index is 1.97. The molecular weight excluding hydrogens is 260 g/mol. The minimum absolute atomic E-state index is 0.220. The molecule has 20 heavy (non-hydrogen) atoms. The molecule has 1 aromatic heterocycles. The fourth-order valence-electron chi connectivity index (χ4n) is 2.30. The minimum atomic E-state index is -0.396. The SMILES string of the molecule is COc1ccc(Cn2ccc3ccc(F)cc32)cc1F. The first kappa shape index (κ1) is 12.7. The molecule has 0 aliphatic carbocycles. The Morgan fingerprint density at radius 3 is 2.65 bits per heavy atom. The Kier molecular flexibility index (Phi) is 3.14. The molecule has 0 atom stereocenters. The van der Waals surface area contributed by atoms with Crippen molar-refractivity contribution in [1.29, 1.82) is 0 Å². The minimum Gasteiger partial charge on any atom is -0.494 e. The van der Waals surface area contributed by atoms with Crippen molar-refractivity contribution >= 4 is 10.9 Å². The van der Waals surface area contributed by atoms with Crippen molar-refractivity contribution in [3.05, 3.63) is 65.9 Å². The predicted molar refractivity (Wildman–Crippen MR) is 74.0 cm³/mol. The molecule has 0 saturated carbocycles. The highest BCUT2D eigenvalue weighted by atomic mass is 19.1. The number of ether oxygens (including phenoxy) is 1. The molecule has 3 aromatic rings. The van der Waals surface area contributed by atoms with Gasteiger partial charge >= 0.3 is 0 Å². The van der Waals surface area contributed by atoms with Gasteiger partial charge in [-0.1, -0.05) is 6.07 Å². The third kappa shape index (κ3) is 2.25. The zero-order chi connectivity index (χ0) is 14.1. The van der Waals surface area contributed by atoms with E-state index in [0.717, 1.165) is 16.5 Å². The third-order valence-electron chi connectivity index (χ3n) is 3.31. The van der Waals surface area contributed by atoms with E-state index in [1.165, 1.54) is 25.3 Å². The van der Waals surface area contributed by atoms with Crippen LogP contribution in [-0.2, 0) is 6.54 Å². The fraction of sp³-hybridized carbons (Fsp3) is 0.125. The van der Waals surface area contributed by atoms with Gasteiger partial charge in [0.05, 0.1) is 12.6 Å². The Labute approximate surface area is 115 Å². The number of benzene rings is 2. The summed E-state index contributed by atoms with van der Waals surface area (Å²) < 4.78 is 33.7. The molecule has 0 amide bonds. The lowest BCUT2D eigenvalue weighted by Gasteiger charge is -2.08. The number of hydrogen-bond acceptors (Lipinski definition) is 1. The monoisotopic (exact) mass is 273 g/mol. The van der Waals surface area contributed by atoms with Gasteiger partial charge in [-0.2, -0.15) is 0 Å². The highest BCUT2D eigenvalue weighted by Crippen LogP contribution is 2.21. The summed E-state index contributed by atoms with van der Waals surface area (Å²) in [6, 6.07) is 11.4. The summed E-state index contributed by atoms with van der Waals surface area (Å²) in [6.45, 7) is 0.480. The van der Waals surface area contributed by atoms with Gasteiger partial charge in [0, 0.05) is 12.7 Å². The van der Waals surface area contributed by atoms with E-state index in [-0.39, 0.29) is 11.6 Å². The number of methoxy groups -OCH3 is 1. The van der Waals surface area contributed by atoms with Crippen LogP contribution in [0.5, 0.6) is 5.75 Å². The van der Waals surface area contributed by atoms with Crippen molar-refractivity contribution in [3.8, 4) is 5.75 Å². The molecule has 1 heterocycles. The third-order valence-corrected chi connectivity index (χ3v) is 3.31. The Hall–Kier alpha value is -2.36. The second kappa shape index (κ2) is 4.96. The van der Waals surface area contributed by atoms with Crippen LogP contribution in [0.15, 0.2) is 48.7 Å². The standard InChI is InChI=1S/C16H13F2NO/c1-20-16-5-2-11(8-14(16)18)10-19-7-6-12-3-4-13(17)9-15(12)19/h2-9H,10H2,1H3. The van der Waals surface area contributed by atoms with Crippen LogP contribution in [0.3, 0.4) is 0 Å². The molecule has 102 valence electrons. The number of nitrogens with zero attached hydrogens (tertiary/aromatic N) is 1. The van der Waals surface area contributed by atoms with Crippen molar-refractivity contribution in [1.82, 2.24) is 4.57 Å². The maximum absolute atomic E-state index is 13.7. The van der Waals surface area contributed by atoms with Gasteiger partial charge in [-0.15, -0.1) is 0 Å². The van der Waals surface area contributed by atoms with Crippen LogP contribution in [0, 0.1) is 11.6 Å². The predicted octanol–water partition coefficient (Wildman–Crippen LogP) is 3.98. The van der Waals surface area contributed by atoms with Gasteiger partial charge < -0.3 is 9.30 Å². The lowest BCUT2D eigenvalue weighted by atomic mass is 10.2. The summed E-state index contributed by atoms with van der Waals surface area (Å²) in [6.07, 6.45) is 1.87. The van der Waals surface area contributed by atoms with Gasteiger partial charge in [0.2, 0.25) is 0 Å². The second-order valence-electron chi connectivity index (χ2n) is 4.62. The highest BCUT2D eigenvalue weighted by Gasteiger charge is 2.06. The highest BCUT2D eigenvalue weighted by molar-refractivity contribution is 5.80. The van der Waals surface area contributed by atoms with Crippen LogP contribution in [0.2, 0.25) is 0 Å². The summed E-state index contributed by atoms with van der Waals surface area (Å²) in [4.78, 5) is 0. The van der Waals surface area contributed by atoms with E-state index >= 15 is 0 Å². The molecule has 0 saturated heterocycles. The van der Waals surface area contributed by atoms with Crippen LogP contribution in [0.1, 0.15) is 5.56 Å². The summed E-state index contributed by atoms with van der Waals surface area (Å²) in [5.74, 6) is -0.455. The van der Waals surface area contributed by atoms with Gasteiger partial charge in [-0.05, 0) is 47.3 Å². The van der Waals surface area contributed by atoms with E-state index in [1.54, 1.807) is 18.2 Å². The lowest BCUT2D eigenvalue weighted by molar-refractivity contribution is 0.386. The number of rotatable bonds is 3. The molecule has 0 aliphatic rings. The van der Waals surface area contributed by atoms with Gasteiger partial charge in [0.15, 0.2) is 11.6 Å². The molecule has 0 bridgehead atoms. The number of fused-ring (bicyclic) bond motifs is 1.